The molecule has 1 saturated heterocycles. The summed E-state index contributed by atoms with van der Waals surface area (Å²) in [6, 6.07) is 0.741. The minimum Gasteiger partial charge on any atom is -0.258 e. The van der Waals surface area contributed by atoms with Crippen LogP contribution in [0.3, 0.4) is 0 Å². The van der Waals surface area contributed by atoms with E-state index in [1.807, 2.05) is 0 Å². The Morgan fingerprint density at radius 3 is 2.55 bits per heavy atom. The van der Waals surface area contributed by atoms with Gasteiger partial charge in [0.1, 0.15) is 0 Å². The van der Waals surface area contributed by atoms with Gasteiger partial charge in [-0.05, 0) is 24.7 Å². The van der Waals surface area contributed by atoms with Crippen LogP contribution in [0.4, 0.5) is 0 Å². The second-order valence-corrected chi connectivity index (χ2v) is 4.27. The standard InChI is InChI=1S/C9H18N2/c1-9(5-2-3-6-9)8-4-7-10-11-8/h8,10-11H,2-7H2,1H3. The SMILES string of the molecule is CC1(C2CCNN2)CCCC1. The predicted octanol–water partition coefficient (Wildman–Crippen LogP) is 1.43. The van der Waals surface area contributed by atoms with E-state index < -0.39 is 0 Å². The molecule has 2 rings (SSSR count). The summed E-state index contributed by atoms with van der Waals surface area (Å²) in [6.45, 7) is 3.59. The Bertz CT molecular complexity index is 132. The van der Waals surface area contributed by atoms with Crippen molar-refractivity contribution >= 4 is 0 Å². The van der Waals surface area contributed by atoms with Crippen molar-refractivity contribution in [1.82, 2.24) is 10.9 Å². The van der Waals surface area contributed by atoms with Gasteiger partial charge >= 0.3 is 0 Å². The van der Waals surface area contributed by atoms with Gasteiger partial charge in [0, 0.05) is 12.6 Å². The summed E-state index contributed by atoms with van der Waals surface area (Å²) in [5.41, 5.74) is 7.21. The van der Waals surface area contributed by atoms with Crippen LogP contribution in [0, 0.1) is 5.41 Å². The highest BCUT2D eigenvalue weighted by molar-refractivity contribution is 4.92. The van der Waals surface area contributed by atoms with Gasteiger partial charge in [-0.3, -0.25) is 10.9 Å². The normalized spacial score (nSPS) is 36.3. The van der Waals surface area contributed by atoms with Crippen molar-refractivity contribution in [2.45, 2.75) is 45.1 Å². The van der Waals surface area contributed by atoms with Crippen LogP contribution in [0.1, 0.15) is 39.0 Å². The molecule has 2 fully saturated rings. The van der Waals surface area contributed by atoms with E-state index in [2.05, 4.69) is 17.8 Å². The highest BCUT2D eigenvalue weighted by Gasteiger charge is 2.37. The second-order valence-electron chi connectivity index (χ2n) is 4.27. The fourth-order valence-corrected chi connectivity index (χ4v) is 2.54. The predicted molar refractivity (Wildman–Crippen MR) is 46.1 cm³/mol. The zero-order valence-electron chi connectivity index (χ0n) is 7.32. The minimum atomic E-state index is 0.601. The lowest BCUT2D eigenvalue weighted by Crippen LogP contribution is -2.40. The van der Waals surface area contributed by atoms with Crippen molar-refractivity contribution in [3.05, 3.63) is 0 Å². The van der Waals surface area contributed by atoms with E-state index in [1.165, 1.54) is 32.1 Å². The molecular weight excluding hydrogens is 136 g/mol. The molecule has 2 nitrogen and oxygen atoms in total. The fourth-order valence-electron chi connectivity index (χ4n) is 2.54. The summed E-state index contributed by atoms with van der Waals surface area (Å²) in [6.07, 6.45) is 7.04. The monoisotopic (exact) mass is 154 g/mol. The zero-order chi connectivity index (χ0) is 7.73. The van der Waals surface area contributed by atoms with Gasteiger partial charge in [0.15, 0.2) is 0 Å². The topological polar surface area (TPSA) is 24.1 Å². The maximum atomic E-state index is 3.39. The van der Waals surface area contributed by atoms with E-state index in [4.69, 9.17) is 0 Å². The van der Waals surface area contributed by atoms with Gasteiger partial charge in [0.25, 0.3) is 0 Å². The lowest BCUT2D eigenvalue weighted by atomic mass is 9.80. The van der Waals surface area contributed by atoms with Crippen molar-refractivity contribution in [1.29, 1.82) is 0 Å². The van der Waals surface area contributed by atoms with Gasteiger partial charge in [0.05, 0.1) is 0 Å². The van der Waals surface area contributed by atoms with Gasteiger partial charge in [-0.2, -0.15) is 0 Å². The summed E-state index contributed by atoms with van der Waals surface area (Å²) in [5.74, 6) is 0. The second kappa shape index (κ2) is 2.76. The average Bonchev–Trinajstić information content (AvgIpc) is 2.55. The summed E-state index contributed by atoms with van der Waals surface area (Å²) in [5, 5.41) is 0. The average molecular weight is 154 g/mol. The first-order valence-corrected chi connectivity index (χ1v) is 4.80. The Balaban J connectivity index is 2.00. The van der Waals surface area contributed by atoms with Crippen LogP contribution in [-0.2, 0) is 0 Å². The van der Waals surface area contributed by atoms with Crippen LogP contribution in [0.25, 0.3) is 0 Å². The molecule has 64 valence electrons. The summed E-state index contributed by atoms with van der Waals surface area (Å²) in [4.78, 5) is 0. The van der Waals surface area contributed by atoms with Crippen LogP contribution in [0.2, 0.25) is 0 Å². The molecule has 1 saturated carbocycles. The number of hydrogen-bond donors (Lipinski definition) is 2. The molecule has 1 atom stereocenters. The van der Waals surface area contributed by atoms with Gasteiger partial charge in [-0.25, -0.2) is 0 Å². The largest absolute Gasteiger partial charge is 0.258 e. The molecule has 2 heteroatoms. The van der Waals surface area contributed by atoms with Gasteiger partial charge in [-0.15, -0.1) is 0 Å². The Kier molecular flexibility index (Phi) is 1.90. The van der Waals surface area contributed by atoms with Crippen LogP contribution < -0.4 is 10.9 Å². The molecular formula is C9H18N2. The van der Waals surface area contributed by atoms with Crippen molar-refractivity contribution in [2.24, 2.45) is 5.41 Å². The third kappa shape index (κ3) is 1.30. The van der Waals surface area contributed by atoms with Gasteiger partial charge in [0.2, 0.25) is 0 Å². The lowest BCUT2D eigenvalue weighted by molar-refractivity contribution is 0.235. The molecule has 0 aromatic heterocycles. The molecule has 0 aromatic rings. The molecule has 0 amide bonds. The van der Waals surface area contributed by atoms with E-state index in [0.29, 0.717) is 5.41 Å². The Morgan fingerprint density at radius 2 is 2.00 bits per heavy atom. The van der Waals surface area contributed by atoms with Crippen LogP contribution in [0.15, 0.2) is 0 Å². The molecule has 0 bridgehead atoms. The molecule has 1 aliphatic heterocycles. The summed E-state index contributed by atoms with van der Waals surface area (Å²) < 4.78 is 0. The van der Waals surface area contributed by atoms with Gasteiger partial charge in [-0.1, -0.05) is 19.8 Å². The molecule has 1 heterocycles. The molecule has 1 aliphatic carbocycles. The van der Waals surface area contributed by atoms with E-state index in [0.717, 1.165) is 12.6 Å². The summed E-state index contributed by atoms with van der Waals surface area (Å²) >= 11 is 0. The van der Waals surface area contributed by atoms with Crippen molar-refractivity contribution in [3.8, 4) is 0 Å². The Hall–Kier alpha value is -0.0800. The summed E-state index contributed by atoms with van der Waals surface area (Å²) in [7, 11) is 0. The first-order chi connectivity index (χ1) is 5.31. The minimum absolute atomic E-state index is 0.601. The van der Waals surface area contributed by atoms with Crippen LogP contribution in [0.5, 0.6) is 0 Å². The van der Waals surface area contributed by atoms with E-state index in [-0.39, 0.29) is 0 Å². The van der Waals surface area contributed by atoms with Crippen molar-refractivity contribution in [2.75, 3.05) is 6.54 Å². The Morgan fingerprint density at radius 1 is 1.27 bits per heavy atom. The lowest BCUT2D eigenvalue weighted by Gasteiger charge is -2.30. The Labute approximate surface area is 68.7 Å². The molecule has 2 N–H and O–H groups in total. The van der Waals surface area contributed by atoms with Crippen LogP contribution in [-0.4, -0.2) is 12.6 Å². The zero-order valence-corrected chi connectivity index (χ0v) is 7.32. The first kappa shape index (κ1) is 7.56. The van der Waals surface area contributed by atoms with E-state index in [9.17, 15) is 0 Å². The molecule has 0 spiro atoms. The number of hydrogen-bond acceptors (Lipinski definition) is 2. The third-order valence-corrected chi connectivity index (χ3v) is 3.42. The fraction of sp³-hybridized carbons (Fsp3) is 1.00. The quantitative estimate of drug-likeness (QED) is 0.597. The van der Waals surface area contributed by atoms with Crippen molar-refractivity contribution < 1.29 is 0 Å². The van der Waals surface area contributed by atoms with E-state index >= 15 is 0 Å². The van der Waals surface area contributed by atoms with Crippen molar-refractivity contribution in [3.63, 3.8) is 0 Å². The first-order valence-electron chi connectivity index (χ1n) is 4.80. The number of hydrazine groups is 1. The molecule has 0 aromatic carbocycles. The van der Waals surface area contributed by atoms with Crippen LogP contribution >= 0.6 is 0 Å². The van der Waals surface area contributed by atoms with E-state index in [1.54, 1.807) is 0 Å². The highest BCUT2D eigenvalue weighted by atomic mass is 15.4. The maximum absolute atomic E-state index is 3.39. The molecule has 2 aliphatic rings. The highest BCUT2D eigenvalue weighted by Crippen LogP contribution is 2.41. The molecule has 11 heavy (non-hydrogen) atoms. The van der Waals surface area contributed by atoms with Gasteiger partial charge < -0.3 is 0 Å². The maximum Gasteiger partial charge on any atom is 0.0279 e. The number of nitrogens with one attached hydrogen (secondary N) is 2. The third-order valence-electron chi connectivity index (χ3n) is 3.42. The molecule has 1 unspecified atom stereocenters. The molecule has 0 radical (unpaired) electrons. The smallest absolute Gasteiger partial charge is 0.0279 e. The number of rotatable bonds is 1.